The minimum atomic E-state index is -1.17. The van der Waals surface area contributed by atoms with Gasteiger partial charge in [-0.25, -0.2) is 9.59 Å². The summed E-state index contributed by atoms with van der Waals surface area (Å²) < 4.78 is 5.33. The number of carboxylic acid groups (broad SMARTS) is 1. The van der Waals surface area contributed by atoms with Crippen LogP contribution in [-0.2, 0) is 4.74 Å². The van der Waals surface area contributed by atoms with E-state index in [1.165, 1.54) is 74.6 Å². The zero-order chi connectivity index (χ0) is 32.9. The fourth-order valence-corrected chi connectivity index (χ4v) is 4.45. The van der Waals surface area contributed by atoms with Gasteiger partial charge in [0.2, 0.25) is 0 Å². The molecule has 0 spiro atoms. The number of carbonyl (C=O) groups is 3. The molecule has 1 aliphatic heterocycles. The average molecular weight is 616 g/mol. The Balaban J connectivity index is 0.000000290. The first kappa shape index (κ1) is 35.6. The second kappa shape index (κ2) is 16.9. The highest BCUT2D eigenvalue weighted by Crippen LogP contribution is 2.18. The van der Waals surface area contributed by atoms with Crippen LogP contribution in [0.3, 0.4) is 0 Å². The summed E-state index contributed by atoms with van der Waals surface area (Å²) in [5.41, 5.74) is 4.94. The number of ether oxygens (including phenoxy) is 1. The molecule has 4 rings (SSSR count). The minimum Gasteiger partial charge on any atom is -0.478 e. The molecule has 240 valence electrons. The van der Waals surface area contributed by atoms with Crippen LogP contribution in [0.15, 0.2) is 48.5 Å². The maximum atomic E-state index is 12.3. The zero-order valence-electron chi connectivity index (χ0n) is 25.3. The Bertz CT molecular complexity index is 1270. The number of likely N-dealkylation sites (tertiary alicyclic amines) is 1. The van der Waals surface area contributed by atoms with E-state index in [1.807, 2.05) is 20.8 Å². The van der Waals surface area contributed by atoms with Gasteiger partial charge in [0.15, 0.2) is 0 Å². The molecule has 1 heterocycles. The zero-order valence-corrected chi connectivity index (χ0v) is 25.3. The Kier molecular flexibility index (Phi) is 13.7. The molecule has 0 unspecified atom stereocenters. The van der Waals surface area contributed by atoms with Crippen molar-refractivity contribution in [2.75, 3.05) is 13.1 Å². The molecule has 1 saturated carbocycles. The number of aromatic carboxylic acids is 1. The van der Waals surface area contributed by atoms with E-state index in [-0.39, 0.29) is 40.5 Å². The van der Waals surface area contributed by atoms with Gasteiger partial charge < -0.3 is 25.8 Å². The van der Waals surface area contributed by atoms with Crippen LogP contribution in [0.5, 0.6) is 0 Å². The van der Waals surface area contributed by atoms with Crippen LogP contribution in [0.2, 0.25) is 0 Å². The number of non-ortho nitro benzene ring substituents is 2. The van der Waals surface area contributed by atoms with Crippen molar-refractivity contribution in [1.29, 1.82) is 0 Å². The quantitative estimate of drug-likeness (QED) is 0.292. The van der Waals surface area contributed by atoms with Crippen LogP contribution in [0.25, 0.3) is 0 Å². The number of nitrogens with one attached hydrogen (secondary N) is 1. The standard InChI is InChI=1S/C17H23N3O5.C7H5NO4.C6H13N/c1-17(2,3)25-16(22)19-9-7-13(8-10-19)18-15(21)12-5-4-6-14(11-12)20(23)24;9-7(10)5-2-1-3-6(4-5)8(11)12;7-6-4-2-1-3-5-6/h4-6,11,13H,7-10H2,1-3H3,(H,18,21);1-4H,(H,9,10);6H,1-5,7H2. The third-order valence-corrected chi connectivity index (χ3v) is 6.75. The van der Waals surface area contributed by atoms with Crippen LogP contribution in [-0.4, -0.2) is 68.6 Å². The monoisotopic (exact) mass is 615 g/mol. The van der Waals surface area contributed by atoms with Crippen molar-refractivity contribution in [2.45, 2.75) is 83.4 Å². The lowest BCUT2D eigenvalue weighted by molar-refractivity contribution is -0.385. The van der Waals surface area contributed by atoms with Gasteiger partial charge in [-0.15, -0.1) is 0 Å². The van der Waals surface area contributed by atoms with Crippen LogP contribution in [0, 0.1) is 20.2 Å². The van der Waals surface area contributed by atoms with Crippen molar-refractivity contribution < 1.29 is 34.1 Å². The van der Waals surface area contributed by atoms with Crippen LogP contribution in [0.1, 0.15) is 86.4 Å². The number of nitrogens with two attached hydrogens (primary N) is 1. The number of nitro groups is 2. The number of carbonyl (C=O) groups excluding carboxylic acids is 2. The maximum Gasteiger partial charge on any atom is 0.410 e. The van der Waals surface area contributed by atoms with Crippen LogP contribution >= 0.6 is 0 Å². The first-order valence-corrected chi connectivity index (χ1v) is 14.4. The lowest BCUT2D eigenvalue weighted by Crippen LogP contribution is -2.47. The molecule has 14 heteroatoms. The van der Waals surface area contributed by atoms with E-state index in [4.69, 9.17) is 15.6 Å². The van der Waals surface area contributed by atoms with Crippen molar-refractivity contribution >= 4 is 29.3 Å². The van der Waals surface area contributed by atoms with Crippen molar-refractivity contribution in [1.82, 2.24) is 10.2 Å². The van der Waals surface area contributed by atoms with Gasteiger partial charge in [0.05, 0.1) is 15.4 Å². The molecule has 0 radical (unpaired) electrons. The summed E-state index contributed by atoms with van der Waals surface area (Å²) >= 11 is 0. The molecule has 4 N–H and O–H groups in total. The van der Waals surface area contributed by atoms with Crippen molar-refractivity contribution in [3.63, 3.8) is 0 Å². The summed E-state index contributed by atoms with van der Waals surface area (Å²) in [6.07, 6.45) is 7.53. The first-order valence-electron chi connectivity index (χ1n) is 14.4. The molecule has 44 heavy (non-hydrogen) atoms. The maximum absolute atomic E-state index is 12.3. The van der Waals surface area contributed by atoms with Crippen molar-refractivity contribution in [3.05, 3.63) is 79.9 Å². The fraction of sp³-hybridized carbons (Fsp3) is 0.500. The molecular formula is C30H41N5O9. The smallest absolute Gasteiger partial charge is 0.410 e. The molecule has 2 amide bonds. The fourth-order valence-electron chi connectivity index (χ4n) is 4.45. The highest BCUT2D eigenvalue weighted by Gasteiger charge is 2.27. The van der Waals surface area contributed by atoms with Crippen molar-refractivity contribution in [2.24, 2.45) is 5.73 Å². The number of hydrogen-bond donors (Lipinski definition) is 3. The number of nitrogens with zero attached hydrogens (tertiary/aromatic N) is 3. The third-order valence-electron chi connectivity index (χ3n) is 6.75. The van der Waals surface area contributed by atoms with E-state index in [2.05, 4.69) is 5.32 Å². The Morgan fingerprint density at radius 2 is 1.39 bits per heavy atom. The summed E-state index contributed by atoms with van der Waals surface area (Å²) in [5, 5.41) is 32.3. The molecule has 0 bridgehead atoms. The molecule has 2 aliphatic rings. The molecule has 0 aromatic heterocycles. The highest BCUT2D eigenvalue weighted by molar-refractivity contribution is 5.95. The highest BCUT2D eigenvalue weighted by atomic mass is 16.6. The van der Waals surface area contributed by atoms with Gasteiger partial charge in [-0.1, -0.05) is 31.4 Å². The molecule has 2 aromatic rings. The largest absolute Gasteiger partial charge is 0.478 e. The number of nitro benzene ring substituents is 2. The molecule has 2 fully saturated rings. The Labute approximate surface area is 255 Å². The molecule has 14 nitrogen and oxygen atoms in total. The number of benzene rings is 2. The van der Waals surface area contributed by atoms with Gasteiger partial charge in [0.25, 0.3) is 17.3 Å². The number of carboxylic acids is 1. The van der Waals surface area contributed by atoms with Crippen molar-refractivity contribution in [3.8, 4) is 0 Å². The lowest BCUT2D eigenvalue weighted by Gasteiger charge is -2.33. The minimum absolute atomic E-state index is 0.0783. The predicted molar refractivity (Wildman–Crippen MR) is 163 cm³/mol. The first-order chi connectivity index (χ1) is 20.7. The summed E-state index contributed by atoms with van der Waals surface area (Å²) in [5.74, 6) is -1.52. The van der Waals surface area contributed by atoms with E-state index >= 15 is 0 Å². The predicted octanol–water partition coefficient (Wildman–Crippen LogP) is 5.29. The Hall–Kier alpha value is -4.59. The molecule has 1 saturated heterocycles. The van der Waals surface area contributed by atoms with Gasteiger partial charge in [0.1, 0.15) is 5.60 Å². The topological polar surface area (TPSA) is 208 Å². The van der Waals surface area contributed by atoms with Gasteiger partial charge in [-0.05, 0) is 58.6 Å². The van der Waals surface area contributed by atoms with E-state index in [0.29, 0.717) is 32.0 Å². The lowest BCUT2D eigenvalue weighted by atomic mass is 9.97. The second-order valence-electron chi connectivity index (χ2n) is 11.5. The van der Waals surface area contributed by atoms with Gasteiger partial charge >= 0.3 is 12.1 Å². The van der Waals surface area contributed by atoms with E-state index < -0.39 is 21.4 Å². The van der Waals surface area contributed by atoms with E-state index in [1.54, 1.807) is 4.90 Å². The number of amides is 2. The average Bonchev–Trinajstić information content (AvgIpc) is 2.98. The Morgan fingerprint density at radius 3 is 1.82 bits per heavy atom. The Morgan fingerprint density at radius 1 is 0.886 bits per heavy atom. The number of hydrogen-bond acceptors (Lipinski definition) is 9. The molecule has 2 aromatic carbocycles. The molecular weight excluding hydrogens is 574 g/mol. The van der Waals surface area contributed by atoms with Crippen LogP contribution < -0.4 is 11.1 Å². The molecule has 1 aliphatic carbocycles. The summed E-state index contributed by atoms with van der Waals surface area (Å²) in [6, 6.07) is 11.0. The molecule has 0 atom stereocenters. The van der Waals surface area contributed by atoms with Gasteiger partial charge in [0, 0.05) is 55.0 Å². The number of rotatable bonds is 5. The third kappa shape index (κ3) is 12.7. The van der Waals surface area contributed by atoms with Gasteiger partial charge in [-0.2, -0.15) is 0 Å². The summed E-state index contributed by atoms with van der Waals surface area (Å²) in [6.45, 7) is 6.44. The number of piperidine rings is 1. The van der Waals surface area contributed by atoms with Crippen LogP contribution in [0.4, 0.5) is 16.2 Å². The summed E-state index contributed by atoms with van der Waals surface area (Å²) in [4.78, 5) is 56.1. The second-order valence-corrected chi connectivity index (χ2v) is 11.5. The van der Waals surface area contributed by atoms with E-state index in [9.17, 15) is 34.6 Å². The SMILES string of the molecule is CC(C)(C)OC(=O)N1CCC(NC(=O)c2cccc([N+](=O)[O-])c2)CC1.NC1CCCCC1.O=C(O)c1cccc([N+](=O)[O-])c1. The normalized spacial score (nSPS) is 15.4. The summed E-state index contributed by atoms with van der Waals surface area (Å²) in [7, 11) is 0. The van der Waals surface area contributed by atoms with Gasteiger partial charge in [-0.3, -0.25) is 25.0 Å². The van der Waals surface area contributed by atoms with E-state index in [0.717, 1.165) is 6.07 Å².